The average molecular weight is 320 g/mol. The predicted molar refractivity (Wildman–Crippen MR) is 90.9 cm³/mol. The lowest BCUT2D eigenvalue weighted by molar-refractivity contribution is -0.0781. The number of piperazine rings is 1. The molecule has 3 nitrogen and oxygen atoms in total. The van der Waals surface area contributed by atoms with Crippen LogP contribution in [0.25, 0.3) is 0 Å². The van der Waals surface area contributed by atoms with Gasteiger partial charge in [0.05, 0.1) is 5.60 Å². The van der Waals surface area contributed by atoms with E-state index in [0.29, 0.717) is 0 Å². The van der Waals surface area contributed by atoms with Gasteiger partial charge in [-0.1, -0.05) is 12.1 Å². The highest BCUT2D eigenvalue weighted by Gasteiger charge is 2.30. The van der Waals surface area contributed by atoms with Gasteiger partial charge < -0.3 is 9.64 Å². The van der Waals surface area contributed by atoms with E-state index in [4.69, 9.17) is 4.74 Å². The third-order valence-corrected chi connectivity index (χ3v) is 5.08. The minimum atomic E-state index is -0.136. The van der Waals surface area contributed by atoms with Crippen molar-refractivity contribution in [3.8, 4) is 0 Å². The molecule has 2 heterocycles. The van der Waals surface area contributed by atoms with E-state index < -0.39 is 0 Å². The first-order chi connectivity index (χ1) is 11.0. The third-order valence-electron chi connectivity index (χ3n) is 5.08. The van der Waals surface area contributed by atoms with Gasteiger partial charge in [0, 0.05) is 45.9 Å². The van der Waals surface area contributed by atoms with E-state index in [1.165, 1.54) is 19.0 Å². The van der Waals surface area contributed by atoms with E-state index in [9.17, 15) is 4.39 Å². The van der Waals surface area contributed by atoms with Crippen LogP contribution in [0.2, 0.25) is 0 Å². The van der Waals surface area contributed by atoms with Crippen molar-refractivity contribution in [2.24, 2.45) is 5.92 Å². The molecule has 0 amide bonds. The molecular formula is C19H29FN2O. The van der Waals surface area contributed by atoms with Gasteiger partial charge in [0.1, 0.15) is 5.82 Å². The Labute approximate surface area is 139 Å². The molecular weight excluding hydrogens is 291 g/mol. The molecule has 0 unspecified atom stereocenters. The predicted octanol–water partition coefficient (Wildman–Crippen LogP) is 3.15. The minimum Gasteiger partial charge on any atom is -0.376 e. The van der Waals surface area contributed by atoms with Crippen molar-refractivity contribution in [3.63, 3.8) is 0 Å². The number of hydrogen-bond donors (Lipinski definition) is 0. The maximum absolute atomic E-state index is 13.3. The van der Waals surface area contributed by atoms with Gasteiger partial charge in [0.25, 0.3) is 0 Å². The number of rotatable bonds is 4. The first-order valence-electron chi connectivity index (χ1n) is 8.83. The Morgan fingerprint density at radius 3 is 2.61 bits per heavy atom. The Balaban J connectivity index is 1.43. The van der Waals surface area contributed by atoms with Gasteiger partial charge in [-0.15, -0.1) is 0 Å². The summed E-state index contributed by atoms with van der Waals surface area (Å²) in [5.41, 5.74) is 1.12. The molecule has 0 saturated carbocycles. The van der Waals surface area contributed by atoms with Crippen LogP contribution in [0.15, 0.2) is 24.3 Å². The summed E-state index contributed by atoms with van der Waals surface area (Å²) in [6.07, 6.45) is 2.35. The summed E-state index contributed by atoms with van der Waals surface area (Å²) in [5, 5.41) is 0. The Morgan fingerprint density at radius 1 is 1.17 bits per heavy atom. The lowest BCUT2D eigenvalue weighted by atomic mass is 9.88. The first kappa shape index (κ1) is 16.9. The van der Waals surface area contributed by atoms with Crippen molar-refractivity contribution >= 4 is 0 Å². The van der Waals surface area contributed by atoms with Gasteiger partial charge in [0.15, 0.2) is 0 Å². The summed E-state index contributed by atoms with van der Waals surface area (Å²) in [6, 6.07) is 6.97. The van der Waals surface area contributed by atoms with Crippen LogP contribution < -0.4 is 0 Å². The van der Waals surface area contributed by atoms with E-state index in [1.807, 2.05) is 6.07 Å². The molecule has 2 fully saturated rings. The van der Waals surface area contributed by atoms with Crippen molar-refractivity contribution < 1.29 is 9.13 Å². The second-order valence-corrected chi connectivity index (χ2v) is 7.67. The quantitative estimate of drug-likeness (QED) is 0.847. The lowest BCUT2D eigenvalue weighted by Gasteiger charge is -2.40. The van der Waals surface area contributed by atoms with Crippen molar-refractivity contribution in [1.29, 1.82) is 0 Å². The summed E-state index contributed by atoms with van der Waals surface area (Å²) < 4.78 is 19.1. The SMILES string of the molecule is CC1(C)C[C@H](CN2CCN(Cc3cccc(F)c3)CC2)CCO1. The summed E-state index contributed by atoms with van der Waals surface area (Å²) >= 11 is 0. The average Bonchev–Trinajstić information content (AvgIpc) is 2.48. The second-order valence-electron chi connectivity index (χ2n) is 7.67. The molecule has 0 bridgehead atoms. The maximum Gasteiger partial charge on any atom is 0.123 e. The van der Waals surface area contributed by atoms with Gasteiger partial charge in [0.2, 0.25) is 0 Å². The van der Waals surface area contributed by atoms with Crippen molar-refractivity contribution in [2.45, 2.75) is 38.8 Å². The number of ether oxygens (including phenoxy) is 1. The lowest BCUT2D eigenvalue weighted by Crippen LogP contribution is -2.48. The summed E-state index contributed by atoms with van der Waals surface area (Å²) in [6.45, 7) is 11.7. The zero-order chi connectivity index (χ0) is 16.3. The zero-order valence-corrected chi connectivity index (χ0v) is 14.4. The van der Waals surface area contributed by atoms with Crippen LogP contribution in [0, 0.1) is 11.7 Å². The Bertz CT molecular complexity index is 512. The monoisotopic (exact) mass is 320 g/mol. The Kier molecular flexibility index (Phi) is 5.34. The largest absolute Gasteiger partial charge is 0.376 e. The van der Waals surface area contributed by atoms with Gasteiger partial charge in [-0.25, -0.2) is 4.39 Å². The highest BCUT2D eigenvalue weighted by Crippen LogP contribution is 2.29. The topological polar surface area (TPSA) is 15.7 Å². The first-order valence-corrected chi connectivity index (χ1v) is 8.83. The van der Waals surface area contributed by atoms with Gasteiger partial charge >= 0.3 is 0 Å². The number of nitrogens with zero attached hydrogens (tertiary/aromatic N) is 2. The molecule has 2 saturated heterocycles. The normalized spacial score (nSPS) is 26.3. The molecule has 1 aromatic carbocycles. The van der Waals surface area contributed by atoms with E-state index in [0.717, 1.165) is 57.2 Å². The molecule has 23 heavy (non-hydrogen) atoms. The van der Waals surface area contributed by atoms with E-state index >= 15 is 0 Å². The number of hydrogen-bond acceptors (Lipinski definition) is 3. The standard InChI is InChI=1S/C19H29FN2O/c1-19(2)13-17(6-11-23-19)15-22-9-7-21(8-10-22)14-16-4-3-5-18(20)12-16/h3-5,12,17H,6-11,13-15H2,1-2H3/t17-/m1/s1. The molecule has 0 N–H and O–H groups in total. The van der Waals surface area contributed by atoms with E-state index in [2.05, 4.69) is 23.6 Å². The smallest absolute Gasteiger partial charge is 0.123 e. The highest BCUT2D eigenvalue weighted by molar-refractivity contribution is 5.16. The van der Waals surface area contributed by atoms with Crippen LogP contribution in [0.1, 0.15) is 32.3 Å². The fraction of sp³-hybridized carbons (Fsp3) is 0.684. The Morgan fingerprint density at radius 2 is 1.91 bits per heavy atom. The summed E-state index contributed by atoms with van der Waals surface area (Å²) in [5.74, 6) is 0.622. The van der Waals surface area contributed by atoms with Crippen LogP contribution in [0.5, 0.6) is 0 Å². The fourth-order valence-electron chi connectivity index (χ4n) is 3.90. The Hall–Kier alpha value is -0.970. The second kappa shape index (κ2) is 7.29. The van der Waals surface area contributed by atoms with E-state index in [-0.39, 0.29) is 11.4 Å². The molecule has 3 rings (SSSR count). The highest BCUT2D eigenvalue weighted by atomic mass is 19.1. The molecule has 128 valence electrons. The molecule has 0 radical (unpaired) electrons. The van der Waals surface area contributed by atoms with Gasteiger partial charge in [-0.3, -0.25) is 4.90 Å². The van der Waals surface area contributed by atoms with Crippen LogP contribution in [-0.2, 0) is 11.3 Å². The van der Waals surface area contributed by atoms with Gasteiger partial charge in [-0.2, -0.15) is 0 Å². The summed E-state index contributed by atoms with van der Waals surface area (Å²) in [7, 11) is 0. The maximum atomic E-state index is 13.3. The molecule has 2 aliphatic heterocycles. The minimum absolute atomic E-state index is 0.0438. The van der Waals surface area contributed by atoms with Crippen LogP contribution in [-0.4, -0.2) is 54.7 Å². The van der Waals surface area contributed by atoms with Gasteiger partial charge in [-0.05, 0) is 50.3 Å². The van der Waals surface area contributed by atoms with Crippen LogP contribution in [0.4, 0.5) is 4.39 Å². The van der Waals surface area contributed by atoms with Crippen molar-refractivity contribution in [3.05, 3.63) is 35.6 Å². The molecule has 1 atom stereocenters. The molecule has 0 spiro atoms. The van der Waals surface area contributed by atoms with Crippen molar-refractivity contribution in [1.82, 2.24) is 9.80 Å². The van der Waals surface area contributed by atoms with Crippen LogP contribution >= 0.6 is 0 Å². The molecule has 0 aliphatic carbocycles. The number of benzene rings is 1. The molecule has 4 heteroatoms. The van der Waals surface area contributed by atoms with Crippen molar-refractivity contribution in [2.75, 3.05) is 39.3 Å². The number of halogens is 1. The van der Waals surface area contributed by atoms with E-state index in [1.54, 1.807) is 12.1 Å². The van der Waals surface area contributed by atoms with Crippen LogP contribution in [0.3, 0.4) is 0 Å². The molecule has 2 aliphatic rings. The fourth-order valence-corrected chi connectivity index (χ4v) is 3.90. The molecule has 1 aromatic rings. The molecule has 0 aromatic heterocycles. The summed E-state index contributed by atoms with van der Waals surface area (Å²) in [4.78, 5) is 5.02. The zero-order valence-electron chi connectivity index (χ0n) is 14.4. The third kappa shape index (κ3) is 5.00.